The number of unbranched alkanes of at least 4 members (excludes halogenated alkanes) is 8. The molecule has 0 aromatic heterocycles. The average molecular weight is 659 g/mol. The molecule has 2 aromatic carbocycles. The summed E-state index contributed by atoms with van der Waals surface area (Å²) in [4.78, 5) is 16.4. The van der Waals surface area contributed by atoms with Gasteiger partial charge in [-0.25, -0.2) is 0 Å². The van der Waals surface area contributed by atoms with Gasteiger partial charge in [0.1, 0.15) is 18.3 Å². The molecular weight excluding hydrogens is 596 g/mol. The Morgan fingerprint density at radius 3 is 1.70 bits per heavy atom. The molecule has 8 nitrogen and oxygen atoms in total. The summed E-state index contributed by atoms with van der Waals surface area (Å²) in [5.41, 5.74) is 6.56. The number of hydrogen-bond acceptors (Lipinski definition) is 7. The SMILES string of the molecule is C=C(CO)CCOc1cc(CCCCCCC)cc(-c2cc(OCCC(=C)CO)ccc2CCCCCCC)c1.C=O.CO.O=CO. The van der Waals surface area contributed by atoms with Gasteiger partial charge in [-0.15, -0.1) is 0 Å². The van der Waals surface area contributed by atoms with Gasteiger partial charge in [0.2, 0.25) is 0 Å². The Labute approximate surface area is 284 Å². The Bertz CT molecular complexity index is 1080. The maximum Gasteiger partial charge on any atom is 0.290 e. The zero-order valence-corrected chi connectivity index (χ0v) is 29.3. The molecule has 0 spiro atoms. The number of carbonyl (C=O) groups is 2. The summed E-state index contributed by atoms with van der Waals surface area (Å²) in [6.45, 7) is 15.0. The lowest BCUT2D eigenvalue weighted by Gasteiger charge is -2.16. The van der Waals surface area contributed by atoms with Crippen molar-refractivity contribution >= 4 is 13.3 Å². The fraction of sp³-hybridized carbons (Fsp3) is 0.538. The second-order valence-electron chi connectivity index (χ2n) is 11.1. The fourth-order valence-corrected chi connectivity index (χ4v) is 4.81. The third kappa shape index (κ3) is 22.7. The lowest BCUT2D eigenvalue weighted by molar-refractivity contribution is -0.122. The molecule has 0 aliphatic carbocycles. The van der Waals surface area contributed by atoms with E-state index in [0.717, 1.165) is 48.2 Å². The highest BCUT2D eigenvalue weighted by Gasteiger charge is 2.12. The first-order valence-electron chi connectivity index (χ1n) is 16.8. The van der Waals surface area contributed by atoms with Crippen molar-refractivity contribution < 1.29 is 39.5 Å². The number of ether oxygens (including phenoxy) is 2. The summed E-state index contributed by atoms with van der Waals surface area (Å²) in [6.07, 6.45) is 15.8. The topological polar surface area (TPSA) is 134 Å². The lowest BCUT2D eigenvalue weighted by atomic mass is 9.93. The molecular formula is C39H62O8. The maximum atomic E-state index is 9.32. The normalized spacial score (nSPS) is 9.83. The van der Waals surface area contributed by atoms with Crippen LogP contribution in [0.4, 0.5) is 0 Å². The van der Waals surface area contributed by atoms with Crippen molar-refractivity contribution in [2.45, 2.75) is 104 Å². The number of aliphatic hydroxyl groups is 3. The van der Waals surface area contributed by atoms with E-state index in [9.17, 15) is 10.2 Å². The van der Waals surface area contributed by atoms with Crippen molar-refractivity contribution in [2.75, 3.05) is 33.5 Å². The Morgan fingerprint density at radius 1 is 0.702 bits per heavy atom. The molecule has 0 atom stereocenters. The molecule has 0 aliphatic heterocycles. The molecule has 0 saturated heterocycles. The van der Waals surface area contributed by atoms with E-state index in [1.54, 1.807) is 0 Å². The molecule has 8 heteroatoms. The van der Waals surface area contributed by atoms with Crippen molar-refractivity contribution in [3.8, 4) is 22.6 Å². The van der Waals surface area contributed by atoms with Crippen LogP contribution in [0.5, 0.6) is 11.5 Å². The van der Waals surface area contributed by atoms with Gasteiger partial charge in [-0.2, -0.15) is 0 Å². The molecule has 0 amide bonds. The fourth-order valence-electron chi connectivity index (χ4n) is 4.81. The largest absolute Gasteiger partial charge is 0.493 e. The summed E-state index contributed by atoms with van der Waals surface area (Å²) in [5.74, 6) is 1.70. The number of carbonyl (C=O) groups excluding carboxylic acids is 1. The number of benzene rings is 2. The van der Waals surface area contributed by atoms with Gasteiger partial charge in [0, 0.05) is 20.0 Å². The van der Waals surface area contributed by atoms with E-state index in [-0.39, 0.29) is 19.7 Å². The zero-order valence-electron chi connectivity index (χ0n) is 29.3. The van der Waals surface area contributed by atoms with Crippen molar-refractivity contribution in [1.29, 1.82) is 0 Å². The molecule has 47 heavy (non-hydrogen) atoms. The summed E-state index contributed by atoms with van der Waals surface area (Å²) < 4.78 is 12.3. The molecule has 266 valence electrons. The van der Waals surface area contributed by atoms with Crippen LogP contribution in [0.2, 0.25) is 0 Å². The van der Waals surface area contributed by atoms with Gasteiger partial charge in [-0.3, -0.25) is 4.79 Å². The average Bonchev–Trinajstić information content (AvgIpc) is 3.10. The van der Waals surface area contributed by atoms with Gasteiger partial charge >= 0.3 is 0 Å². The first-order valence-corrected chi connectivity index (χ1v) is 16.8. The van der Waals surface area contributed by atoms with E-state index in [1.165, 1.54) is 80.9 Å². The lowest BCUT2D eigenvalue weighted by Crippen LogP contribution is -2.03. The molecule has 0 fully saturated rings. The van der Waals surface area contributed by atoms with Gasteiger partial charge in [0.15, 0.2) is 0 Å². The first-order chi connectivity index (χ1) is 22.9. The van der Waals surface area contributed by atoms with E-state index in [4.69, 9.17) is 29.3 Å². The van der Waals surface area contributed by atoms with E-state index >= 15 is 0 Å². The first kappa shape index (κ1) is 45.7. The minimum absolute atomic E-state index is 0.00747. The van der Waals surface area contributed by atoms with Crippen LogP contribution in [-0.2, 0) is 22.4 Å². The summed E-state index contributed by atoms with van der Waals surface area (Å²) in [6, 6.07) is 13.1. The molecule has 0 heterocycles. The second-order valence-corrected chi connectivity index (χ2v) is 11.1. The van der Waals surface area contributed by atoms with Gasteiger partial charge in [0.05, 0.1) is 26.4 Å². The predicted molar refractivity (Wildman–Crippen MR) is 193 cm³/mol. The van der Waals surface area contributed by atoms with Crippen LogP contribution in [-0.4, -0.2) is 67.2 Å². The number of aryl methyl sites for hydroxylation is 2. The van der Waals surface area contributed by atoms with Gasteiger partial charge < -0.3 is 34.7 Å². The van der Waals surface area contributed by atoms with Crippen molar-refractivity contribution in [2.24, 2.45) is 0 Å². The Hall–Kier alpha value is -3.46. The third-order valence-electron chi connectivity index (χ3n) is 7.37. The molecule has 2 aromatic rings. The number of hydrogen-bond donors (Lipinski definition) is 4. The van der Waals surface area contributed by atoms with Crippen LogP contribution in [0.25, 0.3) is 11.1 Å². The van der Waals surface area contributed by atoms with Crippen molar-refractivity contribution in [3.05, 3.63) is 71.8 Å². The maximum absolute atomic E-state index is 9.32. The van der Waals surface area contributed by atoms with E-state index in [2.05, 4.69) is 63.4 Å². The molecule has 0 aliphatic rings. The smallest absolute Gasteiger partial charge is 0.290 e. The minimum Gasteiger partial charge on any atom is -0.493 e. The van der Waals surface area contributed by atoms with Crippen LogP contribution in [0.15, 0.2) is 60.7 Å². The van der Waals surface area contributed by atoms with Crippen LogP contribution in [0.1, 0.15) is 102 Å². The third-order valence-corrected chi connectivity index (χ3v) is 7.37. The van der Waals surface area contributed by atoms with Gasteiger partial charge in [-0.05, 0) is 83.3 Å². The second kappa shape index (κ2) is 32.5. The monoisotopic (exact) mass is 658 g/mol. The molecule has 0 radical (unpaired) electrons. The van der Waals surface area contributed by atoms with E-state index < -0.39 is 0 Å². The number of aliphatic hydroxyl groups excluding tert-OH is 3. The van der Waals surface area contributed by atoms with Gasteiger partial charge in [0.25, 0.3) is 6.47 Å². The van der Waals surface area contributed by atoms with E-state index in [1.807, 2.05) is 6.79 Å². The highest BCUT2D eigenvalue weighted by molar-refractivity contribution is 5.71. The van der Waals surface area contributed by atoms with Crippen LogP contribution < -0.4 is 9.47 Å². The highest BCUT2D eigenvalue weighted by atomic mass is 16.5. The molecule has 0 unspecified atom stereocenters. The van der Waals surface area contributed by atoms with Crippen LogP contribution in [0, 0.1) is 0 Å². The van der Waals surface area contributed by atoms with E-state index in [0.29, 0.717) is 26.1 Å². The highest BCUT2D eigenvalue weighted by Crippen LogP contribution is 2.33. The van der Waals surface area contributed by atoms with Crippen molar-refractivity contribution in [1.82, 2.24) is 0 Å². The van der Waals surface area contributed by atoms with Crippen LogP contribution >= 0.6 is 0 Å². The summed E-state index contributed by atoms with van der Waals surface area (Å²) >= 11 is 0. The molecule has 4 N–H and O–H groups in total. The zero-order chi connectivity index (χ0) is 35.7. The molecule has 0 saturated carbocycles. The summed E-state index contributed by atoms with van der Waals surface area (Å²) in [7, 11) is 1.00. The standard InChI is InChI=1S/C36H54O4.CH2O2.CH4O.CH2O/c1-5-7-9-11-13-15-31-23-33(25-35(24-31)40-22-20-30(4)28-38)36-26-34(39-21-19-29(3)27-37)18-17-32(36)16-14-12-10-8-6-2;2-1-3;2*1-2/h17-18,23-26,37-38H,3-16,19-22,27-28H2,1-2H3;1H,(H,2,3);2H,1H3;1H2. The van der Waals surface area contributed by atoms with Crippen LogP contribution in [0.3, 0.4) is 0 Å². The van der Waals surface area contributed by atoms with Gasteiger partial charge in [-0.1, -0.05) is 90.5 Å². The molecule has 2 rings (SSSR count). The minimum atomic E-state index is -0.250. The quantitative estimate of drug-likeness (QED) is 0.0534. The Kier molecular flexibility index (Phi) is 31.6. The Morgan fingerprint density at radius 2 is 1.19 bits per heavy atom. The van der Waals surface area contributed by atoms with Crippen molar-refractivity contribution in [3.63, 3.8) is 0 Å². The Balaban J connectivity index is 0. The predicted octanol–water partition coefficient (Wildman–Crippen LogP) is 8.14. The number of rotatable bonds is 23. The summed E-state index contributed by atoms with van der Waals surface area (Å²) in [5, 5.41) is 32.5. The number of carboxylic acid groups (broad SMARTS) is 1. The molecule has 0 bridgehead atoms.